The van der Waals surface area contributed by atoms with E-state index in [0.29, 0.717) is 17.5 Å². The first kappa shape index (κ1) is 20.9. The van der Waals surface area contributed by atoms with E-state index in [1.54, 1.807) is 0 Å². The molecule has 21 heavy (non-hydrogen) atoms. The highest BCUT2D eigenvalue weighted by molar-refractivity contribution is 4.83. The molecular formula is C19H42N2. The summed E-state index contributed by atoms with van der Waals surface area (Å²) in [4.78, 5) is 2.62. The highest BCUT2D eigenvalue weighted by Crippen LogP contribution is 2.27. The van der Waals surface area contributed by atoms with Gasteiger partial charge < -0.3 is 5.32 Å². The lowest BCUT2D eigenvalue weighted by Gasteiger charge is -2.35. The lowest BCUT2D eigenvalue weighted by molar-refractivity contribution is 0.182. The summed E-state index contributed by atoms with van der Waals surface area (Å²) in [6.45, 7) is 22.2. The standard InChI is InChI=1S/C19H42N2/c1-9-11-18(19(7,8)10-2)20-13-15-21(17(5)6)14-12-16(3)4/h16-18,20H,9-15H2,1-8H3. The van der Waals surface area contributed by atoms with E-state index in [1.807, 2.05) is 0 Å². The zero-order valence-electron chi connectivity index (χ0n) is 16.1. The summed E-state index contributed by atoms with van der Waals surface area (Å²) in [5.74, 6) is 0.797. The van der Waals surface area contributed by atoms with Crippen LogP contribution >= 0.6 is 0 Å². The molecule has 0 amide bonds. The minimum absolute atomic E-state index is 0.399. The van der Waals surface area contributed by atoms with Crippen LogP contribution in [0.3, 0.4) is 0 Å². The highest BCUT2D eigenvalue weighted by atomic mass is 15.2. The van der Waals surface area contributed by atoms with E-state index in [-0.39, 0.29) is 0 Å². The van der Waals surface area contributed by atoms with E-state index < -0.39 is 0 Å². The van der Waals surface area contributed by atoms with E-state index in [0.717, 1.165) is 12.5 Å². The van der Waals surface area contributed by atoms with Gasteiger partial charge in [0.15, 0.2) is 0 Å². The molecule has 0 aliphatic rings. The molecule has 2 heteroatoms. The highest BCUT2D eigenvalue weighted by Gasteiger charge is 2.26. The first-order valence-electron chi connectivity index (χ1n) is 9.22. The predicted octanol–water partition coefficient (Wildman–Crippen LogP) is 4.94. The molecule has 0 aromatic heterocycles. The molecule has 1 N–H and O–H groups in total. The Morgan fingerprint density at radius 1 is 0.952 bits per heavy atom. The van der Waals surface area contributed by atoms with Crippen LogP contribution < -0.4 is 5.32 Å². The van der Waals surface area contributed by atoms with Gasteiger partial charge in [0.2, 0.25) is 0 Å². The molecule has 0 aromatic rings. The maximum atomic E-state index is 3.84. The topological polar surface area (TPSA) is 15.3 Å². The number of nitrogens with zero attached hydrogens (tertiary/aromatic N) is 1. The van der Waals surface area contributed by atoms with Gasteiger partial charge in [-0.2, -0.15) is 0 Å². The van der Waals surface area contributed by atoms with Gasteiger partial charge in [-0.05, 0) is 51.0 Å². The van der Waals surface area contributed by atoms with Crippen LogP contribution in [0.1, 0.15) is 81.1 Å². The van der Waals surface area contributed by atoms with Crippen LogP contribution in [0, 0.1) is 11.3 Å². The number of hydrogen-bond donors (Lipinski definition) is 1. The summed E-state index contributed by atoms with van der Waals surface area (Å²) >= 11 is 0. The van der Waals surface area contributed by atoms with Crippen molar-refractivity contribution in [1.82, 2.24) is 10.2 Å². The van der Waals surface area contributed by atoms with Gasteiger partial charge in [-0.3, -0.25) is 4.90 Å². The molecular weight excluding hydrogens is 256 g/mol. The summed E-state index contributed by atoms with van der Waals surface area (Å²) < 4.78 is 0. The van der Waals surface area contributed by atoms with Crippen molar-refractivity contribution < 1.29 is 0 Å². The summed E-state index contributed by atoms with van der Waals surface area (Å²) in [7, 11) is 0. The lowest BCUT2D eigenvalue weighted by atomic mass is 9.80. The molecule has 0 bridgehead atoms. The molecule has 1 unspecified atom stereocenters. The van der Waals surface area contributed by atoms with Crippen molar-refractivity contribution in [3.8, 4) is 0 Å². The molecule has 0 heterocycles. The monoisotopic (exact) mass is 298 g/mol. The Hall–Kier alpha value is -0.0800. The predicted molar refractivity (Wildman–Crippen MR) is 96.9 cm³/mol. The first-order valence-corrected chi connectivity index (χ1v) is 9.22. The zero-order chi connectivity index (χ0) is 16.5. The number of nitrogens with one attached hydrogen (secondary N) is 1. The van der Waals surface area contributed by atoms with Crippen LogP contribution in [-0.4, -0.2) is 36.6 Å². The quantitative estimate of drug-likeness (QED) is 0.549. The Morgan fingerprint density at radius 3 is 2.00 bits per heavy atom. The van der Waals surface area contributed by atoms with Crippen molar-refractivity contribution in [1.29, 1.82) is 0 Å². The average molecular weight is 299 g/mol. The molecule has 0 saturated heterocycles. The van der Waals surface area contributed by atoms with Gasteiger partial charge in [0, 0.05) is 25.2 Å². The minimum Gasteiger partial charge on any atom is -0.312 e. The van der Waals surface area contributed by atoms with Crippen LogP contribution in [0.5, 0.6) is 0 Å². The maximum absolute atomic E-state index is 3.84. The fourth-order valence-corrected chi connectivity index (χ4v) is 2.74. The first-order chi connectivity index (χ1) is 9.74. The lowest BCUT2D eigenvalue weighted by Crippen LogP contribution is -2.46. The molecule has 1 atom stereocenters. The third-order valence-corrected chi connectivity index (χ3v) is 4.95. The van der Waals surface area contributed by atoms with Crippen LogP contribution in [0.25, 0.3) is 0 Å². The smallest absolute Gasteiger partial charge is 0.0119 e. The molecule has 0 fully saturated rings. The fourth-order valence-electron chi connectivity index (χ4n) is 2.74. The van der Waals surface area contributed by atoms with Crippen molar-refractivity contribution in [3.05, 3.63) is 0 Å². The molecule has 2 nitrogen and oxygen atoms in total. The summed E-state index contributed by atoms with van der Waals surface area (Å²) in [6.07, 6.45) is 5.10. The number of hydrogen-bond acceptors (Lipinski definition) is 2. The maximum Gasteiger partial charge on any atom is 0.0119 e. The Morgan fingerprint density at radius 2 is 1.57 bits per heavy atom. The second kappa shape index (κ2) is 10.6. The van der Waals surface area contributed by atoms with Gasteiger partial charge >= 0.3 is 0 Å². The second-order valence-electron chi connectivity index (χ2n) is 7.95. The van der Waals surface area contributed by atoms with Gasteiger partial charge in [-0.15, -0.1) is 0 Å². The molecule has 0 aliphatic carbocycles. The third-order valence-electron chi connectivity index (χ3n) is 4.95. The van der Waals surface area contributed by atoms with Crippen LogP contribution in [-0.2, 0) is 0 Å². The number of rotatable bonds is 12. The second-order valence-corrected chi connectivity index (χ2v) is 7.95. The molecule has 128 valence electrons. The van der Waals surface area contributed by atoms with Crippen molar-refractivity contribution in [2.24, 2.45) is 11.3 Å². The minimum atomic E-state index is 0.399. The largest absolute Gasteiger partial charge is 0.312 e. The van der Waals surface area contributed by atoms with Gasteiger partial charge in [0.1, 0.15) is 0 Å². The van der Waals surface area contributed by atoms with E-state index in [9.17, 15) is 0 Å². The SMILES string of the molecule is CCCC(NCCN(CCC(C)C)C(C)C)C(C)(C)CC. The molecule has 0 spiro atoms. The van der Waals surface area contributed by atoms with Crippen LogP contribution in [0.4, 0.5) is 0 Å². The van der Waals surface area contributed by atoms with Crippen molar-refractivity contribution in [2.75, 3.05) is 19.6 Å². The van der Waals surface area contributed by atoms with Crippen molar-refractivity contribution >= 4 is 0 Å². The van der Waals surface area contributed by atoms with Crippen molar-refractivity contribution in [2.45, 2.75) is 93.2 Å². The van der Waals surface area contributed by atoms with Crippen LogP contribution in [0.2, 0.25) is 0 Å². The van der Waals surface area contributed by atoms with Gasteiger partial charge in [0.25, 0.3) is 0 Å². The Labute approximate surface area is 135 Å². The van der Waals surface area contributed by atoms with E-state index in [4.69, 9.17) is 0 Å². The van der Waals surface area contributed by atoms with E-state index in [2.05, 4.69) is 65.6 Å². The molecule has 0 aliphatic heterocycles. The fraction of sp³-hybridized carbons (Fsp3) is 1.00. The summed E-state index contributed by atoms with van der Waals surface area (Å²) in [5.41, 5.74) is 0.399. The molecule has 0 rings (SSSR count). The molecule has 0 aromatic carbocycles. The van der Waals surface area contributed by atoms with Gasteiger partial charge in [-0.25, -0.2) is 0 Å². The Balaban J connectivity index is 4.31. The molecule has 0 radical (unpaired) electrons. The van der Waals surface area contributed by atoms with Gasteiger partial charge in [0.05, 0.1) is 0 Å². The Bertz CT molecular complexity index is 246. The van der Waals surface area contributed by atoms with E-state index in [1.165, 1.54) is 38.8 Å². The Kier molecular flexibility index (Phi) is 10.6. The average Bonchev–Trinajstić information content (AvgIpc) is 2.40. The molecule has 0 saturated carbocycles. The zero-order valence-corrected chi connectivity index (χ0v) is 16.1. The summed E-state index contributed by atoms with van der Waals surface area (Å²) in [6, 6.07) is 1.29. The normalized spacial score (nSPS) is 14.4. The van der Waals surface area contributed by atoms with E-state index >= 15 is 0 Å². The summed E-state index contributed by atoms with van der Waals surface area (Å²) in [5, 5.41) is 3.84. The van der Waals surface area contributed by atoms with Crippen molar-refractivity contribution in [3.63, 3.8) is 0 Å². The third kappa shape index (κ3) is 8.83. The van der Waals surface area contributed by atoms with Gasteiger partial charge in [-0.1, -0.05) is 48.0 Å². The van der Waals surface area contributed by atoms with Crippen LogP contribution in [0.15, 0.2) is 0 Å².